The lowest BCUT2D eigenvalue weighted by atomic mass is 10.3. The van der Waals surface area contributed by atoms with Crippen molar-refractivity contribution >= 4 is 39.9 Å². The molecule has 2 aromatic rings. The summed E-state index contributed by atoms with van der Waals surface area (Å²) in [5.41, 5.74) is 1.15. The van der Waals surface area contributed by atoms with Gasteiger partial charge in [-0.25, -0.2) is 0 Å². The first-order chi connectivity index (χ1) is 7.76. The van der Waals surface area contributed by atoms with Crippen LogP contribution >= 0.6 is 33.9 Å². The molecular weight excluding hydrogens is 335 g/mol. The summed E-state index contributed by atoms with van der Waals surface area (Å²) in [5, 5.41) is 13.7. The van der Waals surface area contributed by atoms with E-state index in [4.69, 9.17) is 0 Å². The average molecular weight is 348 g/mol. The number of hydrogen-bond donors (Lipinski definition) is 1. The fourth-order valence-electron chi connectivity index (χ4n) is 1.53. The van der Waals surface area contributed by atoms with E-state index >= 15 is 0 Å². The molecule has 1 N–H and O–H groups in total. The first-order valence-corrected chi connectivity index (χ1v) is 7.13. The summed E-state index contributed by atoms with van der Waals surface area (Å²) in [6.45, 7) is 5.89. The molecule has 0 aliphatic heterocycles. The minimum absolute atomic E-state index is 0.848. The van der Waals surface area contributed by atoms with Gasteiger partial charge in [-0.1, -0.05) is 0 Å². The molecule has 0 aromatic carbocycles. The molecule has 0 saturated heterocycles. The second-order valence-electron chi connectivity index (χ2n) is 3.26. The molecule has 0 fully saturated rings. The fraction of sp³-hybridized carbons (Fsp3) is 0.400. The average Bonchev–Trinajstić information content (AvgIpc) is 2.85. The van der Waals surface area contributed by atoms with Gasteiger partial charge in [-0.2, -0.15) is 0 Å². The van der Waals surface area contributed by atoms with Crippen molar-refractivity contribution in [3.63, 3.8) is 0 Å². The van der Waals surface area contributed by atoms with E-state index in [9.17, 15) is 0 Å². The highest BCUT2D eigenvalue weighted by molar-refractivity contribution is 14.1. The molecule has 2 aromatic heterocycles. The molecule has 0 amide bonds. The Labute approximate surface area is 112 Å². The van der Waals surface area contributed by atoms with Crippen molar-refractivity contribution in [1.82, 2.24) is 14.8 Å². The Hall–Kier alpha value is -0.630. The number of nitrogens with zero attached hydrogens (tertiary/aromatic N) is 3. The summed E-state index contributed by atoms with van der Waals surface area (Å²) in [6.07, 6.45) is 0. The molecular formula is C10H13IN4S. The third-order valence-corrected chi connectivity index (χ3v) is 4.02. The molecule has 0 atom stereocenters. The number of thiophene rings is 1. The Bertz CT molecular complexity index is 477. The van der Waals surface area contributed by atoms with Crippen LogP contribution in [0.2, 0.25) is 0 Å². The molecule has 0 saturated carbocycles. The van der Waals surface area contributed by atoms with Crippen molar-refractivity contribution in [3.05, 3.63) is 14.3 Å². The van der Waals surface area contributed by atoms with Gasteiger partial charge in [-0.05, 0) is 42.5 Å². The molecule has 0 unspecified atom stereocenters. The molecule has 0 bridgehead atoms. The normalized spacial score (nSPS) is 10.7. The first kappa shape index (κ1) is 11.8. The molecule has 0 aliphatic carbocycles. The summed E-state index contributed by atoms with van der Waals surface area (Å²) >= 11 is 4.05. The highest BCUT2D eigenvalue weighted by atomic mass is 127. The number of nitrogens with one attached hydrogen (secondary N) is 1. The van der Waals surface area contributed by atoms with Crippen LogP contribution in [0.3, 0.4) is 0 Å². The van der Waals surface area contributed by atoms with E-state index in [0.717, 1.165) is 30.4 Å². The van der Waals surface area contributed by atoms with Crippen molar-refractivity contribution < 1.29 is 0 Å². The van der Waals surface area contributed by atoms with Crippen LogP contribution in [0.1, 0.15) is 13.8 Å². The van der Waals surface area contributed by atoms with Crippen LogP contribution in [-0.4, -0.2) is 21.3 Å². The van der Waals surface area contributed by atoms with E-state index in [-0.39, 0.29) is 0 Å². The molecule has 0 spiro atoms. The number of aromatic nitrogens is 3. The number of hydrogen-bond acceptors (Lipinski definition) is 4. The predicted molar refractivity (Wildman–Crippen MR) is 75.9 cm³/mol. The van der Waals surface area contributed by atoms with Gasteiger partial charge in [0.15, 0.2) is 5.82 Å². The van der Waals surface area contributed by atoms with Gasteiger partial charge in [0.2, 0.25) is 5.95 Å². The maximum Gasteiger partial charge on any atom is 0.224 e. The second kappa shape index (κ2) is 5.13. The molecule has 0 aliphatic rings. The Balaban J connectivity index is 2.41. The van der Waals surface area contributed by atoms with E-state index < -0.39 is 0 Å². The maximum absolute atomic E-state index is 4.24. The molecule has 6 heteroatoms. The van der Waals surface area contributed by atoms with Gasteiger partial charge in [-0.3, -0.25) is 4.57 Å². The van der Waals surface area contributed by atoms with E-state index in [1.165, 1.54) is 2.88 Å². The monoisotopic (exact) mass is 348 g/mol. The third kappa shape index (κ3) is 2.22. The minimum atomic E-state index is 0.848. The Morgan fingerprint density at radius 2 is 2.25 bits per heavy atom. The zero-order valence-corrected chi connectivity index (χ0v) is 12.2. The smallest absolute Gasteiger partial charge is 0.224 e. The largest absolute Gasteiger partial charge is 0.355 e. The summed E-state index contributed by atoms with van der Waals surface area (Å²) in [5.74, 6) is 1.79. The van der Waals surface area contributed by atoms with Crippen LogP contribution in [-0.2, 0) is 6.54 Å². The van der Waals surface area contributed by atoms with E-state index in [0.29, 0.717) is 0 Å². The number of anilines is 1. The van der Waals surface area contributed by atoms with Gasteiger partial charge in [0.25, 0.3) is 0 Å². The quantitative estimate of drug-likeness (QED) is 0.864. The highest BCUT2D eigenvalue weighted by Gasteiger charge is 2.12. The van der Waals surface area contributed by atoms with Crippen LogP contribution in [0, 0.1) is 2.88 Å². The van der Waals surface area contributed by atoms with Gasteiger partial charge in [0.05, 0.1) is 2.88 Å². The van der Waals surface area contributed by atoms with E-state index in [2.05, 4.69) is 68.0 Å². The number of halogens is 1. The van der Waals surface area contributed by atoms with Gasteiger partial charge < -0.3 is 5.32 Å². The lowest BCUT2D eigenvalue weighted by Gasteiger charge is -2.06. The van der Waals surface area contributed by atoms with Gasteiger partial charge in [0, 0.05) is 24.0 Å². The van der Waals surface area contributed by atoms with Gasteiger partial charge in [0.1, 0.15) is 0 Å². The van der Waals surface area contributed by atoms with E-state index in [1.54, 1.807) is 11.3 Å². The summed E-state index contributed by atoms with van der Waals surface area (Å²) < 4.78 is 3.37. The zero-order chi connectivity index (χ0) is 11.5. The SMILES string of the molecule is CCNc1nnc(-c2csc(I)c2)n1CC. The lowest BCUT2D eigenvalue weighted by Crippen LogP contribution is -2.06. The van der Waals surface area contributed by atoms with Crippen molar-refractivity contribution in [1.29, 1.82) is 0 Å². The van der Waals surface area contributed by atoms with Crippen molar-refractivity contribution in [3.8, 4) is 11.4 Å². The Kier molecular flexibility index (Phi) is 3.80. The second-order valence-corrected chi connectivity index (χ2v) is 6.07. The molecule has 2 rings (SSSR count). The van der Waals surface area contributed by atoms with Crippen LogP contribution in [0.5, 0.6) is 0 Å². The highest BCUT2D eigenvalue weighted by Crippen LogP contribution is 2.26. The van der Waals surface area contributed by atoms with E-state index in [1.807, 2.05) is 0 Å². The molecule has 16 heavy (non-hydrogen) atoms. The van der Waals surface area contributed by atoms with Crippen molar-refractivity contribution in [2.24, 2.45) is 0 Å². The summed E-state index contributed by atoms with van der Waals surface area (Å²) in [6, 6.07) is 2.14. The van der Waals surface area contributed by atoms with Crippen molar-refractivity contribution in [2.45, 2.75) is 20.4 Å². The minimum Gasteiger partial charge on any atom is -0.355 e. The first-order valence-electron chi connectivity index (χ1n) is 5.17. The van der Waals surface area contributed by atoms with Gasteiger partial charge in [-0.15, -0.1) is 21.5 Å². The fourth-order valence-corrected chi connectivity index (χ4v) is 2.86. The van der Waals surface area contributed by atoms with Gasteiger partial charge >= 0.3 is 0 Å². The number of rotatable bonds is 4. The topological polar surface area (TPSA) is 42.7 Å². The van der Waals surface area contributed by atoms with Crippen LogP contribution in [0.25, 0.3) is 11.4 Å². The molecule has 86 valence electrons. The standard InChI is InChI=1S/C10H13IN4S/c1-3-12-10-14-13-9(15(10)4-2)7-5-8(11)16-6-7/h5-6H,3-4H2,1-2H3,(H,12,14). The lowest BCUT2D eigenvalue weighted by molar-refractivity contribution is 0.770. The molecule has 2 heterocycles. The van der Waals surface area contributed by atoms with Crippen LogP contribution in [0.4, 0.5) is 5.95 Å². The summed E-state index contributed by atoms with van der Waals surface area (Å²) in [4.78, 5) is 0. The third-order valence-electron chi connectivity index (χ3n) is 2.23. The van der Waals surface area contributed by atoms with Crippen molar-refractivity contribution in [2.75, 3.05) is 11.9 Å². The Morgan fingerprint density at radius 1 is 1.44 bits per heavy atom. The summed E-state index contributed by atoms with van der Waals surface area (Å²) in [7, 11) is 0. The molecule has 4 nitrogen and oxygen atoms in total. The maximum atomic E-state index is 4.24. The van der Waals surface area contributed by atoms with Crippen LogP contribution < -0.4 is 5.32 Å². The predicted octanol–water partition coefficient (Wildman–Crippen LogP) is 3.06. The zero-order valence-electron chi connectivity index (χ0n) is 9.20. The molecule has 0 radical (unpaired) electrons. The Morgan fingerprint density at radius 3 is 2.81 bits per heavy atom. The van der Waals surface area contributed by atoms with Crippen LogP contribution in [0.15, 0.2) is 11.4 Å².